The van der Waals surface area contributed by atoms with Crippen molar-refractivity contribution in [3.8, 4) is 0 Å². The minimum Gasteiger partial charge on any atom is -0.354 e. The first-order chi connectivity index (χ1) is 9.86. The summed E-state index contributed by atoms with van der Waals surface area (Å²) in [5, 5.41) is 2.70. The van der Waals surface area contributed by atoms with Crippen LogP contribution in [0.3, 0.4) is 0 Å². The van der Waals surface area contributed by atoms with Crippen LogP contribution in [0.25, 0.3) is 0 Å². The van der Waals surface area contributed by atoms with Gasteiger partial charge in [-0.3, -0.25) is 4.79 Å². The first kappa shape index (κ1) is 14.7. The molecule has 2 saturated heterocycles. The van der Waals surface area contributed by atoms with Gasteiger partial charge in [-0.15, -0.1) is 0 Å². The molecule has 2 fully saturated rings. The second-order valence-corrected chi connectivity index (χ2v) is 7.62. The number of nitrogens with zero attached hydrogens (tertiary/aromatic N) is 1. The third-order valence-corrected chi connectivity index (χ3v) is 6.26. The molecule has 0 unspecified atom stereocenters. The molecule has 5 nitrogen and oxygen atoms in total. The molecule has 21 heavy (non-hydrogen) atoms. The minimum atomic E-state index is -3.96. The molecule has 0 radical (unpaired) electrons. The minimum absolute atomic E-state index is 0.0118. The number of hydrogen-bond acceptors (Lipinski definition) is 3. The van der Waals surface area contributed by atoms with Crippen LogP contribution < -0.4 is 5.32 Å². The fourth-order valence-electron chi connectivity index (χ4n) is 3.15. The lowest BCUT2D eigenvalue weighted by Crippen LogP contribution is -2.52. The van der Waals surface area contributed by atoms with Crippen molar-refractivity contribution in [2.45, 2.75) is 29.7 Å². The van der Waals surface area contributed by atoms with Crippen molar-refractivity contribution in [1.82, 2.24) is 9.62 Å². The van der Waals surface area contributed by atoms with E-state index in [1.54, 1.807) is 0 Å². The summed E-state index contributed by atoms with van der Waals surface area (Å²) >= 11 is 5.74. The van der Waals surface area contributed by atoms with E-state index in [0.717, 1.165) is 12.1 Å². The van der Waals surface area contributed by atoms with Gasteiger partial charge in [-0.1, -0.05) is 11.6 Å². The van der Waals surface area contributed by atoms with E-state index in [-0.39, 0.29) is 22.4 Å². The van der Waals surface area contributed by atoms with Gasteiger partial charge in [0.05, 0.1) is 4.90 Å². The lowest BCUT2D eigenvalue weighted by molar-refractivity contribution is -0.126. The Kier molecular flexibility index (Phi) is 3.46. The zero-order valence-corrected chi connectivity index (χ0v) is 12.7. The van der Waals surface area contributed by atoms with Crippen molar-refractivity contribution < 1.29 is 17.6 Å². The predicted octanol–water partition coefficient (Wildman–Crippen LogP) is 1.52. The Labute approximate surface area is 127 Å². The van der Waals surface area contributed by atoms with E-state index < -0.39 is 21.4 Å². The molecular formula is C13H14ClFN2O3S. The average molecular weight is 333 g/mol. The maximum absolute atomic E-state index is 13.4. The van der Waals surface area contributed by atoms with Crippen LogP contribution in [-0.4, -0.2) is 37.3 Å². The molecule has 0 aromatic heterocycles. The van der Waals surface area contributed by atoms with E-state index >= 15 is 0 Å². The predicted molar refractivity (Wildman–Crippen MR) is 74.9 cm³/mol. The highest BCUT2D eigenvalue weighted by molar-refractivity contribution is 7.89. The first-order valence-corrected chi connectivity index (χ1v) is 8.45. The van der Waals surface area contributed by atoms with Gasteiger partial charge in [0.15, 0.2) is 0 Å². The zero-order chi connectivity index (χ0) is 15.3. The van der Waals surface area contributed by atoms with Crippen molar-refractivity contribution in [1.29, 1.82) is 0 Å². The van der Waals surface area contributed by atoms with Crippen LogP contribution in [0, 0.1) is 5.82 Å². The number of rotatable bonds is 2. The second kappa shape index (κ2) is 4.93. The molecule has 1 spiro atoms. The molecular weight excluding hydrogens is 319 g/mol. The Morgan fingerprint density at radius 3 is 2.67 bits per heavy atom. The van der Waals surface area contributed by atoms with Crippen LogP contribution in [0.15, 0.2) is 23.1 Å². The average Bonchev–Trinajstić information content (AvgIpc) is 2.98. The molecule has 1 aromatic carbocycles. The fourth-order valence-corrected chi connectivity index (χ4v) is 5.32. The molecule has 1 atom stereocenters. The number of halogens is 2. The topological polar surface area (TPSA) is 66.5 Å². The summed E-state index contributed by atoms with van der Waals surface area (Å²) < 4.78 is 40.2. The number of carbonyl (C=O) groups excluding carboxylic acids is 1. The SMILES string of the molecule is O=C1NCC[C@]12CCCN2S(=O)(=O)c1cc(F)cc(Cl)c1. The number of benzene rings is 1. The van der Waals surface area contributed by atoms with Crippen LogP contribution in [0.1, 0.15) is 19.3 Å². The quantitative estimate of drug-likeness (QED) is 0.893. The summed E-state index contributed by atoms with van der Waals surface area (Å²) in [6.45, 7) is 0.707. The molecule has 8 heteroatoms. The summed E-state index contributed by atoms with van der Waals surface area (Å²) in [5.74, 6) is -0.990. The number of hydrogen-bond donors (Lipinski definition) is 1. The molecule has 114 valence electrons. The van der Waals surface area contributed by atoms with Crippen LogP contribution >= 0.6 is 11.6 Å². The van der Waals surface area contributed by atoms with Gasteiger partial charge in [0.1, 0.15) is 11.4 Å². The Hall–Kier alpha value is -1.18. The second-order valence-electron chi connectivity index (χ2n) is 5.32. The molecule has 2 heterocycles. The maximum atomic E-state index is 13.4. The highest BCUT2D eigenvalue weighted by Crippen LogP contribution is 2.39. The van der Waals surface area contributed by atoms with Gasteiger partial charge in [-0.05, 0) is 37.5 Å². The normalized spacial score (nSPS) is 26.5. The van der Waals surface area contributed by atoms with E-state index in [2.05, 4.69) is 5.32 Å². The van der Waals surface area contributed by atoms with Gasteiger partial charge in [0.25, 0.3) is 0 Å². The number of amides is 1. The molecule has 3 rings (SSSR count). The molecule has 0 saturated carbocycles. The zero-order valence-electron chi connectivity index (χ0n) is 11.1. The molecule has 2 aliphatic rings. The van der Waals surface area contributed by atoms with Crippen molar-refractivity contribution in [3.63, 3.8) is 0 Å². The molecule has 0 aliphatic carbocycles. The maximum Gasteiger partial charge on any atom is 0.244 e. The third kappa shape index (κ3) is 2.23. The molecule has 1 N–H and O–H groups in total. The van der Waals surface area contributed by atoms with E-state index in [4.69, 9.17) is 11.6 Å². The van der Waals surface area contributed by atoms with Gasteiger partial charge in [0, 0.05) is 18.1 Å². The number of carbonyl (C=O) groups is 1. The number of nitrogens with one attached hydrogen (secondary N) is 1. The van der Waals surface area contributed by atoms with Crippen LogP contribution in [-0.2, 0) is 14.8 Å². The van der Waals surface area contributed by atoms with Gasteiger partial charge in [0.2, 0.25) is 15.9 Å². The van der Waals surface area contributed by atoms with Gasteiger partial charge in [-0.2, -0.15) is 4.31 Å². The number of sulfonamides is 1. The highest BCUT2D eigenvalue weighted by Gasteiger charge is 2.54. The van der Waals surface area contributed by atoms with Gasteiger partial charge < -0.3 is 5.32 Å². The van der Waals surface area contributed by atoms with Crippen molar-refractivity contribution in [2.24, 2.45) is 0 Å². The molecule has 2 aliphatic heterocycles. The standard InChI is InChI=1S/C13H14ClFN2O3S/c14-9-6-10(15)8-11(7-9)21(19,20)17-5-1-2-13(17)3-4-16-12(13)18/h6-8H,1-5H2,(H,16,18)/t13-/m1/s1. The largest absolute Gasteiger partial charge is 0.354 e. The van der Waals surface area contributed by atoms with Gasteiger partial charge in [-0.25, -0.2) is 12.8 Å². The van der Waals surface area contributed by atoms with Gasteiger partial charge >= 0.3 is 0 Å². The summed E-state index contributed by atoms with van der Waals surface area (Å²) in [4.78, 5) is 11.9. The van der Waals surface area contributed by atoms with E-state index in [9.17, 15) is 17.6 Å². The Bertz CT molecular complexity index is 685. The Balaban J connectivity index is 2.07. The fraction of sp³-hybridized carbons (Fsp3) is 0.462. The van der Waals surface area contributed by atoms with Crippen molar-refractivity contribution >= 4 is 27.5 Å². The molecule has 0 bridgehead atoms. The molecule has 1 aromatic rings. The highest BCUT2D eigenvalue weighted by atomic mass is 35.5. The Morgan fingerprint density at radius 1 is 1.29 bits per heavy atom. The Morgan fingerprint density at radius 2 is 2.05 bits per heavy atom. The monoisotopic (exact) mass is 332 g/mol. The summed E-state index contributed by atoms with van der Waals surface area (Å²) in [5.41, 5.74) is -1.03. The first-order valence-electron chi connectivity index (χ1n) is 6.63. The van der Waals surface area contributed by atoms with E-state index in [1.165, 1.54) is 10.4 Å². The lowest BCUT2D eigenvalue weighted by Gasteiger charge is -2.31. The summed E-state index contributed by atoms with van der Waals surface area (Å²) in [6.07, 6.45) is 1.53. The molecule has 1 amide bonds. The van der Waals surface area contributed by atoms with E-state index in [0.29, 0.717) is 25.8 Å². The summed E-state index contributed by atoms with van der Waals surface area (Å²) in [6, 6.07) is 3.18. The van der Waals surface area contributed by atoms with Crippen LogP contribution in [0.2, 0.25) is 5.02 Å². The van der Waals surface area contributed by atoms with Crippen molar-refractivity contribution in [3.05, 3.63) is 29.0 Å². The lowest BCUT2D eigenvalue weighted by atomic mass is 9.96. The van der Waals surface area contributed by atoms with E-state index in [1.807, 2.05) is 0 Å². The van der Waals surface area contributed by atoms with Crippen LogP contribution in [0.4, 0.5) is 4.39 Å². The van der Waals surface area contributed by atoms with Crippen LogP contribution in [0.5, 0.6) is 0 Å². The summed E-state index contributed by atoms with van der Waals surface area (Å²) in [7, 11) is -3.96. The smallest absolute Gasteiger partial charge is 0.244 e. The third-order valence-electron chi connectivity index (χ3n) is 4.10. The van der Waals surface area contributed by atoms with Crippen molar-refractivity contribution in [2.75, 3.05) is 13.1 Å².